The van der Waals surface area contributed by atoms with Gasteiger partial charge in [0, 0.05) is 26.9 Å². The first-order valence-corrected chi connectivity index (χ1v) is 7.23. The van der Waals surface area contributed by atoms with Crippen LogP contribution in [0.4, 0.5) is 0 Å². The second-order valence-corrected chi connectivity index (χ2v) is 5.98. The van der Waals surface area contributed by atoms with Gasteiger partial charge in [-0.3, -0.25) is 9.59 Å². The molecule has 21 heavy (non-hydrogen) atoms. The van der Waals surface area contributed by atoms with Gasteiger partial charge in [0.25, 0.3) is 11.8 Å². The van der Waals surface area contributed by atoms with Crippen molar-refractivity contribution < 1.29 is 9.59 Å². The van der Waals surface area contributed by atoms with Gasteiger partial charge in [0.1, 0.15) is 0 Å². The van der Waals surface area contributed by atoms with Crippen molar-refractivity contribution in [1.82, 2.24) is 10.4 Å². The summed E-state index contributed by atoms with van der Waals surface area (Å²) in [5, 5.41) is 2.95. The number of benzene rings is 2. The lowest BCUT2D eigenvalue weighted by molar-refractivity contribution is 0.0498. The number of halogens is 2. The number of hydrazine groups is 1. The van der Waals surface area contributed by atoms with Crippen LogP contribution in [0.1, 0.15) is 34.6 Å². The number of hydrogen-bond acceptors (Lipinski definition) is 3. The highest BCUT2D eigenvalue weighted by molar-refractivity contribution is 6.44. The van der Waals surface area contributed by atoms with Crippen molar-refractivity contribution in [3.05, 3.63) is 45.4 Å². The lowest BCUT2D eigenvalue weighted by atomic mass is 9.95. The van der Waals surface area contributed by atoms with E-state index in [2.05, 4.69) is 5.43 Å². The molecule has 0 saturated heterocycles. The molecule has 0 aliphatic carbocycles. The summed E-state index contributed by atoms with van der Waals surface area (Å²) in [5.41, 5.74) is 3.70. The van der Waals surface area contributed by atoms with Crippen molar-refractivity contribution in [2.24, 2.45) is 0 Å². The van der Waals surface area contributed by atoms with Crippen molar-refractivity contribution in [2.75, 3.05) is 0 Å². The van der Waals surface area contributed by atoms with Crippen LogP contribution in [0.25, 0.3) is 10.8 Å². The maximum atomic E-state index is 12.5. The Hall–Kier alpha value is -1.62. The fraction of sp³-hybridized carbons (Fsp3) is 0.200. The Morgan fingerprint density at radius 1 is 0.905 bits per heavy atom. The number of carbonyl (C=O) groups excluding carboxylic acids is 2. The molecule has 0 bridgehead atoms. The van der Waals surface area contributed by atoms with Crippen LogP contribution in [-0.4, -0.2) is 22.9 Å². The number of hydrogen-bond donors (Lipinski definition) is 1. The summed E-state index contributed by atoms with van der Waals surface area (Å²) in [6.07, 6.45) is 0. The summed E-state index contributed by atoms with van der Waals surface area (Å²) in [6.45, 7) is 3.71. The molecule has 6 heteroatoms. The zero-order valence-electron chi connectivity index (χ0n) is 11.4. The number of nitrogens with one attached hydrogen (secondary N) is 1. The Bertz CT molecular complexity index is 730. The molecule has 0 fully saturated rings. The molecular formula is C15H12Cl2N2O2. The zero-order valence-corrected chi connectivity index (χ0v) is 12.9. The monoisotopic (exact) mass is 322 g/mol. The third kappa shape index (κ3) is 2.11. The topological polar surface area (TPSA) is 49.4 Å². The molecular weight excluding hydrogens is 311 g/mol. The van der Waals surface area contributed by atoms with Gasteiger partial charge < -0.3 is 0 Å². The van der Waals surface area contributed by atoms with Crippen molar-refractivity contribution in [3.8, 4) is 0 Å². The third-order valence-corrected chi connectivity index (χ3v) is 3.94. The lowest BCUT2D eigenvalue weighted by Gasteiger charge is -2.29. The van der Waals surface area contributed by atoms with E-state index in [-0.39, 0.29) is 6.04 Å². The largest absolute Gasteiger partial charge is 0.276 e. The molecule has 2 aromatic rings. The summed E-state index contributed by atoms with van der Waals surface area (Å²) in [6, 6.07) is 6.43. The average molecular weight is 323 g/mol. The van der Waals surface area contributed by atoms with E-state index in [4.69, 9.17) is 23.2 Å². The Kier molecular flexibility index (Phi) is 3.40. The van der Waals surface area contributed by atoms with E-state index in [1.165, 1.54) is 0 Å². The molecule has 0 atom stereocenters. The molecule has 1 N–H and O–H groups in total. The fourth-order valence-corrected chi connectivity index (χ4v) is 3.05. The summed E-state index contributed by atoms with van der Waals surface area (Å²) in [7, 11) is 0. The Morgan fingerprint density at radius 2 is 1.38 bits per heavy atom. The number of amides is 2. The molecule has 0 saturated carbocycles. The van der Waals surface area contributed by atoms with E-state index in [0.717, 1.165) is 5.01 Å². The van der Waals surface area contributed by atoms with E-state index < -0.39 is 11.8 Å². The second kappa shape index (κ2) is 4.98. The van der Waals surface area contributed by atoms with Crippen LogP contribution in [0.3, 0.4) is 0 Å². The zero-order chi connectivity index (χ0) is 15.3. The Morgan fingerprint density at radius 3 is 1.81 bits per heavy atom. The molecule has 108 valence electrons. The minimum atomic E-state index is -0.398. The van der Waals surface area contributed by atoms with Gasteiger partial charge in [-0.05, 0) is 38.1 Å². The third-order valence-electron chi connectivity index (χ3n) is 3.31. The van der Waals surface area contributed by atoms with Gasteiger partial charge in [-0.2, -0.15) is 0 Å². The van der Waals surface area contributed by atoms with Crippen LogP contribution in [0, 0.1) is 0 Å². The molecule has 1 aliphatic heterocycles. The van der Waals surface area contributed by atoms with Gasteiger partial charge in [0.2, 0.25) is 0 Å². The SMILES string of the molecule is CC(C)NN1C(=O)c2ccc(Cl)c3c(Cl)ccc(c23)C1=O. The normalized spacial score (nSPS) is 14.4. The first-order chi connectivity index (χ1) is 9.91. The molecule has 1 heterocycles. The lowest BCUT2D eigenvalue weighted by Crippen LogP contribution is -2.51. The average Bonchev–Trinajstić information content (AvgIpc) is 2.42. The number of imide groups is 1. The summed E-state index contributed by atoms with van der Waals surface area (Å²) < 4.78 is 0. The van der Waals surface area contributed by atoms with Gasteiger partial charge in [-0.1, -0.05) is 23.2 Å². The van der Waals surface area contributed by atoms with Crippen molar-refractivity contribution in [2.45, 2.75) is 19.9 Å². The second-order valence-electron chi connectivity index (χ2n) is 5.17. The van der Waals surface area contributed by atoms with E-state index in [1.54, 1.807) is 24.3 Å². The van der Waals surface area contributed by atoms with Crippen LogP contribution >= 0.6 is 23.2 Å². The number of carbonyl (C=O) groups is 2. The maximum absolute atomic E-state index is 12.5. The fourth-order valence-electron chi connectivity index (χ4n) is 2.48. The van der Waals surface area contributed by atoms with Crippen LogP contribution in [0.15, 0.2) is 24.3 Å². The Balaban J connectivity index is 2.33. The molecule has 0 spiro atoms. The summed E-state index contributed by atoms with van der Waals surface area (Å²) in [5.74, 6) is -0.796. The van der Waals surface area contributed by atoms with E-state index in [1.807, 2.05) is 13.8 Å². The highest BCUT2D eigenvalue weighted by Gasteiger charge is 2.34. The standard InChI is InChI=1S/C15H12Cl2N2O2/c1-7(2)18-19-14(20)8-3-5-10(16)13-11(17)6-4-9(12(8)13)15(19)21/h3-7,18H,1-2H3. The van der Waals surface area contributed by atoms with Crippen LogP contribution in [0.2, 0.25) is 10.0 Å². The molecule has 0 unspecified atom stereocenters. The van der Waals surface area contributed by atoms with Crippen molar-refractivity contribution >= 4 is 45.8 Å². The quantitative estimate of drug-likeness (QED) is 0.858. The van der Waals surface area contributed by atoms with Crippen LogP contribution in [-0.2, 0) is 0 Å². The molecule has 0 radical (unpaired) electrons. The first kappa shape index (κ1) is 14.3. The van der Waals surface area contributed by atoms with E-state index in [0.29, 0.717) is 31.9 Å². The molecule has 2 amide bonds. The van der Waals surface area contributed by atoms with Gasteiger partial charge in [-0.15, -0.1) is 0 Å². The highest BCUT2D eigenvalue weighted by atomic mass is 35.5. The minimum absolute atomic E-state index is 0.0467. The Labute approximate surface area is 131 Å². The minimum Gasteiger partial charge on any atom is -0.267 e. The van der Waals surface area contributed by atoms with Crippen LogP contribution in [0.5, 0.6) is 0 Å². The predicted octanol–water partition coefficient (Wildman–Crippen LogP) is 3.66. The van der Waals surface area contributed by atoms with Gasteiger partial charge in [0.05, 0.1) is 11.1 Å². The van der Waals surface area contributed by atoms with Crippen LogP contribution < -0.4 is 5.43 Å². The first-order valence-electron chi connectivity index (χ1n) is 6.47. The molecule has 0 aromatic heterocycles. The molecule has 3 rings (SSSR count). The summed E-state index contributed by atoms with van der Waals surface area (Å²) in [4.78, 5) is 25.1. The smallest absolute Gasteiger partial charge is 0.267 e. The number of nitrogens with zero attached hydrogens (tertiary/aromatic N) is 1. The molecule has 1 aliphatic rings. The number of rotatable bonds is 2. The van der Waals surface area contributed by atoms with Gasteiger partial charge in [-0.25, -0.2) is 10.4 Å². The van der Waals surface area contributed by atoms with E-state index in [9.17, 15) is 9.59 Å². The van der Waals surface area contributed by atoms with Crippen molar-refractivity contribution in [3.63, 3.8) is 0 Å². The maximum Gasteiger partial charge on any atom is 0.276 e. The summed E-state index contributed by atoms with van der Waals surface area (Å²) >= 11 is 12.3. The highest BCUT2D eigenvalue weighted by Crippen LogP contribution is 2.37. The van der Waals surface area contributed by atoms with Gasteiger partial charge in [0.15, 0.2) is 0 Å². The van der Waals surface area contributed by atoms with Gasteiger partial charge >= 0.3 is 0 Å². The van der Waals surface area contributed by atoms with Crippen molar-refractivity contribution in [1.29, 1.82) is 0 Å². The predicted molar refractivity (Wildman–Crippen MR) is 82.7 cm³/mol. The molecule has 4 nitrogen and oxygen atoms in total. The molecule has 2 aromatic carbocycles. The van der Waals surface area contributed by atoms with E-state index >= 15 is 0 Å².